The first-order valence-corrected chi connectivity index (χ1v) is 8.75. The van der Waals surface area contributed by atoms with Crippen molar-refractivity contribution < 1.29 is 9.53 Å². The van der Waals surface area contributed by atoms with Gasteiger partial charge < -0.3 is 15.4 Å². The standard InChI is InChI=1S/C21H22N4O2/c1-4-15-9-5-6-10-16(15)25-21(26)18-13-20(23-14(2)22-18)24-17-11-7-8-12-19(17)27-3/h5-13H,4H2,1-3H3,(H,25,26)(H,22,23,24). The van der Waals surface area contributed by atoms with Crippen molar-refractivity contribution in [3.8, 4) is 5.75 Å². The predicted molar refractivity (Wildman–Crippen MR) is 107 cm³/mol. The molecule has 0 unspecified atom stereocenters. The first kappa shape index (κ1) is 18.4. The number of aryl methyl sites for hydroxylation is 2. The van der Waals surface area contributed by atoms with Gasteiger partial charge in [-0.1, -0.05) is 37.3 Å². The molecule has 0 saturated carbocycles. The molecule has 6 nitrogen and oxygen atoms in total. The Balaban J connectivity index is 1.85. The minimum atomic E-state index is -0.274. The van der Waals surface area contributed by atoms with Crippen molar-refractivity contribution in [1.29, 1.82) is 0 Å². The number of para-hydroxylation sites is 3. The minimum Gasteiger partial charge on any atom is -0.495 e. The van der Waals surface area contributed by atoms with Gasteiger partial charge in [0.1, 0.15) is 23.1 Å². The Labute approximate surface area is 158 Å². The second kappa shape index (κ2) is 8.31. The summed E-state index contributed by atoms with van der Waals surface area (Å²) in [5.41, 5.74) is 2.93. The lowest BCUT2D eigenvalue weighted by Gasteiger charge is -2.12. The maximum Gasteiger partial charge on any atom is 0.274 e. The zero-order chi connectivity index (χ0) is 19.2. The fraction of sp³-hybridized carbons (Fsp3) is 0.190. The van der Waals surface area contributed by atoms with E-state index >= 15 is 0 Å². The number of nitrogens with one attached hydrogen (secondary N) is 2. The maximum atomic E-state index is 12.7. The summed E-state index contributed by atoms with van der Waals surface area (Å²) >= 11 is 0. The van der Waals surface area contributed by atoms with Crippen LogP contribution in [0.3, 0.4) is 0 Å². The van der Waals surface area contributed by atoms with Crippen LogP contribution in [0.1, 0.15) is 28.8 Å². The number of carbonyl (C=O) groups is 1. The molecule has 0 fully saturated rings. The fourth-order valence-electron chi connectivity index (χ4n) is 2.77. The molecule has 1 heterocycles. The molecule has 0 spiro atoms. The van der Waals surface area contributed by atoms with Crippen LogP contribution in [0.15, 0.2) is 54.6 Å². The summed E-state index contributed by atoms with van der Waals surface area (Å²) in [5.74, 6) is 1.45. The van der Waals surface area contributed by atoms with Crippen molar-refractivity contribution in [1.82, 2.24) is 9.97 Å². The van der Waals surface area contributed by atoms with Gasteiger partial charge in [-0.3, -0.25) is 4.79 Å². The summed E-state index contributed by atoms with van der Waals surface area (Å²) in [5, 5.41) is 6.13. The smallest absolute Gasteiger partial charge is 0.274 e. The SMILES string of the molecule is CCc1ccccc1NC(=O)c1cc(Nc2ccccc2OC)nc(C)n1. The quantitative estimate of drug-likeness (QED) is 0.682. The molecule has 3 aromatic rings. The molecule has 3 rings (SSSR count). The molecule has 138 valence electrons. The van der Waals surface area contributed by atoms with Crippen LogP contribution < -0.4 is 15.4 Å². The molecule has 0 aliphatic carbocycles. The zero-order valence-corrected chi connectivity index (χ0v) is 15.6. The first-order valence-electron chi connectivity index (χ1n) is 8.75. The van der Waals surface area contributed by atoms with E-state index in [4.69, 9.17) is 4.74 Å². The molecule has 2 aromatic carbocycles. The minimum absolute atomic E-state index is 0.274. The van der Waals surface area contributed by atoms with Crippen LogP contribution >= 0.6 is 0 Å². The third-order valence-electron chi connectivity index (χ3n) is 4.09. The van der Waals surface area contributed by atoms with E-state index in [0.29, 0.717) is 23.1 Å². The van der Waals surface area contributed by atoms with Crippen LogP contribution in [0.2, 0.25) is 0 Å². The van der Waals surface area contributed by atoms with E-state index in [1.807, 2.05) is 48.5 Å². The van der Waals surface area contributed by atoms with Crippen molar-refractivity contribution in [3.05, 3.63) is 71.7 Å². The van der Waals surface area contributed by atoms with E-state index in [2.05, 4.69) is 27.5 Å². The van der Waals surface area contributed by atoms with E-state index in [1.54, 1.807) is 20.1 Å². The highest BCUT2D eigenvalue weighted by molar-refractivity contribution is 6.03. The Morgan fingerprint density at radius 1 is 1.04 bits per heavy atom. The summed E-state index contributed by atoms with van der Waals surface area (Å²) in [6.07, 6.45) is 0.833. The van der Waals surface area contributed by atoms with Crippen LogP contribution in [-0.2, 0) is 6.42 Å². The third-order valence-corrected chi connectivity index (χ3v) is 4.09. The van der Waals surface area contributed by atoms with Gasteiger partial charge >= 0.3 is 0 Å². The van der Waals surface area contributed by atoms with Crippen molar-refractivity contribution in [2.45, 2.75) is 20.3 Å². The summed E-state index contributed by atoms with van der Waals surface area (Å²) < 4.78 is 5.34. The molecule has 0 aliphatic heterocycles. The molecule has 0 atom stereocenters. The molecule has 0 saturated heterocycles. The highest BCUT2D eigenvalue weighted by Crippen LogP contribution is 2.26. The largest absolute Gasteiger partial charge is 0.495 e. The number of carbonyl (C=O) groups excluding carboxylic acids is 1. The lowest BCUT2D eigenvalue weighted by Crippen LogP contribution is -2.16. The van der Waals surface area contributed by atoms with Gasteiger partial charge in [0.2, 0.25) is 0 Å². The Kier molecular flexibility index (Phi) is 5.66. The Morgan fingerprint density at radius 3 is 2.48 bits per heavy atom. The topological polar surface area (TPSA) is 76.1 Å². The van der Waals surface area contributed by atoms with E-state index in [-0.39, 0.29) is 5.91 Å². The fourth-order valence-corrected chi connectivity index (χ4v) is 2.77. The molecule has 6 heteroatoms. The van der Waals surface area contributed by atoms with E-state index in [9.17, 15) is 4.79 Å². The average molecular weight is 362 g/mol. The van der Waals surface area contributed by atoms with Gasteiger partial charge in [-0.15, -0.1) is 0 Å². The summed E-state index contributed by atoms with van der Waals surface area (Å²) in [6.45, 7) is 3.80. The normalized spacial score (nSPS) is 10.3. The Bertz CT molecular complexity index is 956. The molecule has 27 heavy (non-hydrogen) atoms. The summed E-state index contributed by atoms with van der Waals surface area (Å²) in [7, 11) is 1.61. The highest BCUT2D eigenvalue weighted by Gasteiger charge is 2.13. The highest BCUT2D eigenvalue weighted by atomic mass is 16.5. The molecule has 1 amide bonds. The lowest BCUT2D eigenvalue weighted by atomic mass is 10.1. The summed E-state index contributed by atoms with van der Waals surface area (Å²) in [4.78, 5) is 21.4. The van der Waals surface area contributed by atoms with E-state index in [0.717, 1.165) is 23.4 Å². The van der Waals surface area contributed by atoms with Gasteiger partial charge in [0, 0.05) is 11.8 Å². The predicted octanol–water partition coefficient (Wildman–Crippen LogP) is 4.35. The zero-order valence-electron chi connectivity index (χ0n) is 15.6. The maximum absolute atomic E-state index is 12.7. The van der Waals surface area contributed by atoms with Crippen LogP contribution in [0.4, 0.5) is 17.2 Å². The van der Waals surface area contributed by atoms with Crippen molar-refractivity contribution >= 4 is 23.1 Å². The van der Waals surface area contributed by atoms with Gasteiger partial charge in [0.15, 0.2) is 0 Å². The van der Waals surface area contributed by atoms with Crippen LogP contribution in [0.5, 0.6) is 5.75 Å². The monoisotopic (exact) mass is 362 g/mol. The van der Waals surface area contributed by atoms with Gasteiger partial charge in [-0.05, 0) is 37.1 Å². The number of nitrogens with zero attached hydrogens (tertiary/aromatic N) is 2. The van der Waals surface area contributed by atoms with Crippen molar-refractivity contribution in [2.75, 3.05) is 17.7 Å². The number of methoxy groups -OCH3 is 1. The van der Waals surface area contributed by atoms with Gasteiger partial charge in [-0.25, -0.2) is 9.97 Å². The number of aromatic nitrogens is 2. The van der Waals surface area contributed by atoms with Gasteiger partial charge in [0.25, 0.3) is 5.91 Å². The summed E-state index contributed by atoms with van der Waals surface area (Å²) in [6, 6.07) is 16.9. The van der Waals surface area contributed by atoms with Crippen LogP contribution in [0, 0.1) is 6.92 Å². The average Bonchev–Trinajstić information content (AvgIpc) is 2.68. The Hall–Kier alpha value is -3.41. The van der Waals surface area contributed by atoms with Gasteiger partial charge in [-0.2, -0.15) is 0 Å². The van der Waals surface area contributed by atoms with E-state index in [1.165, 1.54) is 0 Å². The van der Waals surface area contributed by atoms with Gasteiger partial charge in [0.05, 0.1) is 12.8 Å². The molecule has 0 aliphatic rings. The lowest BCUT2D eigenvalue weighted by molar-refractivity contribution is 0.102. The number of hydrogen-bond donors (Lipinski definition) is 2. The second-order valence-corrected chi connectivity index (χ2v) is 5.98. The second-order valence-electron chi connectivity index (χ2n) is 5.98. The van der Waals surface area contributed by atoms with Crippen LogP contribution in [0.25, 0.3) is 0 Å². The first-order chi connectivity index (χ1) is 13.1. The third kappa shape index (κ3) is 4.41. The molecule has 0 bridgehead atoms. The number of rotatable bonds is 6. The number of anilines is 3. The van der Waals surface area contributed by atoms with Crippen molar-refractivity contribution in [2.24, 2.45) is 0 Å². The molecule has 0 radical (unpaired) electrons. The van der Waals surface area contributed by atoms with E-state index < -0.39 is 0 Å². The number of ether oxygens (including phenoxy) is 1. The Morgan fingerprint density at radius 2 is 1.74 bits per heavy atom. The van der Waals surface area contributed by atoms with Crippen LogP contribution in [-0.4, -0.2) is 23.0 Å². The molecular formula is C21H22N4O2. The molecule has 2 N–H and O–H groups in total. The number of amides is 1. The molecular weight excluding hydrogens is 340 g/mol. The number of hydrogen-bond acceptors (Lipinski definition) is 5. The van der Waals surface area contributed by atoms with Crippen molar-refractivity contribution in [3.63, 3.8) is 0 Å². The number of benzene rings is 2. The molecule has 1 aromatic heterocycles.